The van der Waals surface area contributed by atoms with E-state index < -0.39 is 6.04 Å². The summed E-state index contributed by atoms with van der Waals surface area (Å²) >= 11 is 5.98. The summed E-state index contributed by atoms with van der Waals surface area (Å²) in [6, 6.07) is 16.2. The molecule has 1 atom stereocenters. The van der Waals surface area contributed by atoms with E-state index in [4.69, 9.17) is 17.3 Å². The van der Waals surface area contributed by atoms with Crippen LogP contribution in [-0.2, 0) is 11.2 Å². The summed E-state index contributed by atoms with van der Waals surface area (Å²) in [5, 5.41) is 3.24. The SMILES string of the molecule is N[C@H](Cc1ccccc1)C(=O)Nc1ccccc1Cl. The molecule has 0 aliphatic heterocycles. The van der Waals surface area contributed by atoms with Gasteiger partial charge in [-0.05, 0) is 24.1 Å². The molecule has 1 amide bonds. The van der Waals surface area contributed by atoms with E-state index in [1.54, 1.807) is 12.1 Å². The number of nitrogens with one attached hydrogen (secondary N) is 1. The predicted molar refractivity (Wildman–Crippen MR) is 78.2 cm³/mol. The molecule has 0 heterocycles. The molecule has 19 heavy (non-hydrogen) atoms. The first-order valence-corrected chi connectivity index (χ1v) is 6.39. The van der Waals surface area contributed by atoms with Gasteiger partial charge in [0.1, 0.15) is 0 Å². The third kappa shape index (κ3) is 3.81. The lowest BCUT2D eigenvalue weighted by atomic mass is 10.1. The van der Waals surface area contributed by atoms with E-state index in [9.17, 15) is 4.79 Å². The molecule has 0 fully saturated rings. The molecule has 0 radical (unpaired) electrons. The maximum absolute atomic E-state index is 12.0. The van der Waals surface area contributed by atoms with Crippen LogP contribution < -0.4 is 11.1 Å². The van der Waals surface area contributed by atoms with E-state index in [0.29, 0.717) is 17.1 Å². The highest BCUT2D eigenvalue weighted by molar-refractivity contribution is 6.33. The van der Waals surface area contributed by atoms with Crippen molar-refractivity contribution in [2.45, 2.75) is 12.5 Å². The number of para-hydroxylation sites is 1. The highest BCUT2D eigenvalue weighted by atomic mass is 35.5. The number of nitrogens with two attached hydrogens (primary N) is 1. The third-order valence-electron chi connectivity index (χ3n) is 2.77. The highest BCUT2D eigenvalue weighted by Gasteiger charge is 2.15. The predicted octanol–water partition coefficient (Wildman–Crippen LogP) is 2.85. The van der Waals surface area contributed by atoms with Crippen LogP contribution in [0.2, 0.25) is 5.02 Å². The lowest BCUT2D eigenvalue weighted by Gasteiger charge is -2.13. The second kappa shape index (κ2) is 6.36. The number of rotatable bonds is 4. The number of carbonyl (C=O) groups excluding carboxylic acids is 1. The fourth-order valence-corrected chi connectivity index (χ4v) is 1.93. The second-order valence-electron chi connectivity index (χ2n) is 4.27. The van der Waals surface area contributed by atoms with Crippen LogP contribution in [0.5, 0.6) is 0 Å². The quantitative estimate of drug-likeness (QED) is 0.901. The first-order chi connectivity index (χ1) is 9.16. The number of amides is 1. The molecule has 0 unspecified atom stereocenters. The molecule has 2 aromatic rings. The van der Waals surface area contributed by atoms with Crippen molar-refractivity contribution in [2.24, 2.45) is 5.73 Å². The lowest BCUT2D eigenvalue weighted by Crippen LogP contribution is -2.37. The minimum absolute atomic E-state index is 0.239. The first kappa shape index (κ1) is 13.6. The monoisotopic (exact) mass is 274 g/mol. The van der Waals surface area contributed by atoms with Crippen molar-refractivity contribution >= 4 is 23.2 Å². The summed E-state index contributed by atoms with van der Waals surface area (Å²) in [5.74, 6) is -0.239. The topological polar surface area (TPSA) is 55.1 Å². The molecule has 98 valence electrons. The number of halogens is 1. The Bertz CT molecular complexity index is 557. The van der Waals surface area contributed by atoms with Crippen LogP contribution in [0.4, 0.5) is 5.69 Å². The Hall–Kier alpha value is -1.84. The molecule has 0 aliphatic carbocycles. The zero-order chi connectivity index (χ0) is 13.7. The van der Waals surface area contributed by atoms with Gasteiger partial charge in [-0.2, -0.15) is 0 Å². The molecule has 4 heteroatoms. The Morgan fingerprint density at radius 3 is 2.42 bits per heavy atom. The summed E-state index contributed by atoms with van der Waals surface area (Å²) in [4.78, 5) is 12.0. The summed E-state index contributed by atoms with van der Waals surface area (Å²) in [7, 11) is 0. The van der Waals surface area contributed by atoms with Gasteiger partial charge in [0.15, 0.2) is 0 Å². The minimum atomic E-state index is -0.598. The average Bonchev–Trinajstić information content (AvgIpc) is 2.42. The van der Waals surface area contributed by atoms with Crippen LogP contribution in [0, 0.1) is 0 Å². The van der Waals surface area contributed by atoms with Gasteiger partial charge < -0.3 is 11.1 Å². The van der Waals surface area contributed by atoms with Gasteiger partial charge in [-0.15, -0.1) is 0 Å². The Morgan fingerprint density at radius 2 is 1.74 bits per heavy atom. The molecule has 0 saturated heterocycles. The van der Waals surface area contributed by atoms with Crippen LogP contribution in [0.15, 0.2) is 54.6 Å². The van der Waals surface area contributed by atoms with Gasteiger partial charge in [-0.3, -0.25) is 4.79 Å². The number of carbonyl (C=O) groups is 1. The molecule has 3 nitrogen and oxygen atoms in total. The van der Waals surface area contributed by atoms with E-state index >= 15 is 0 Å². The molecule has 0 aromatic heterocycles. The summed E-state index contributed by atoms with van der Waals surface area (Å²) in [6.07, 6.45) is 0.497. The smallest absolute Gasteiger partial charge is 0.241 e. The normalized spacial score (nSPS) is 11.9. The zero-order valence-corrected chi connectivity index (χ0v) is 11.1. The van der Waals surface area contributed by atoms with Gasteiger partial charge in [0.05, 0.1) is 16.8 Å². The van der Waals surface area contributed by atoms with Gasteiger partial charge in [0.25, 0.3) is 0 Å². The maximum Gasteiger partial charge on any atom is 0.241 e. The van der Waals surface area contributed by atoms with Crippen molar-refractivity contribution in [2.75, 3.05) is 5.32 Å². The molecule has 0 aliphatic rings. The van der Waals surface area contributed by atoms with Crippen molar-refractivity contribution in [3.63, 3.8) is 0 Å². The van der Waals surface area contributed by atoms with Crippen LogP contribution in [-0.4, -0.2) is 11.9 Å². The first-order valence-electron chi connectivity index (χ1n) is 6.01. The van der Waals surface area contributed by atoms with Crippen LogP contribution >= 0.6 is 11.6 Å². The highest BCUT2D eigenvalue weighted by Crippen LogP contribution is 2.20. The number of hydrogen-bond donors (Lipinski definition) is 2. The zero-order valence-electron chi connectivity index (χ0n) is 10.3. The van der Waals surface area contributed by atoms with Crippen molar-refractivity contribution in [3.8, 4) is 0 Å². The Labute approximate surface area is 117 Å². The van der Waals surface area contributed by atoms with Crippen molar-refractivity contribution in [1.29, 1.82) is 0 Å². The van der Waals surface area contributed by atoms with Gasteiger partial charge >= 0.3 is 0 Å². The molecular weight excluding hydrogens is 260 g/mol. The number of anilines is 1. The fourth-order valence-electron chi connectivity index (χ4n) is 1.75. The van der Waals surface area contributed by atoms with E-state index in [2.05, 4.69) is 5.32 Å². The number of benzene rings is 2. The third-order valence-corrected chi connectivity index (χ3v) is 3.10. The largest absolute Gasteiger partial charge is 0.323 e. The van der Waals surface area contributed by atoms with Crippen LogP contribution in [0.3, 0.4) is 0 Å². The molecule has 0 saturated carbocycles. The molecule has 2 rings (SSSR count). The van der Waals surface area contributed by atoms with E-state index in [0.717, 1.165) is 5.56 Å². The van der Waals surface area contributed by atoms with Crippen LogP contribution in [0.1, 0.15) is 5.56 Å². The number of hydrogen-bond acceptors (Lipinski definition) is 2. The van der Waals surface area contributed by atoms with Gasteiger partial charge in [0, 0.05) is 0 Å². The molecular formula is C15H15ClN2O. The second-order valence-corrected chi connectivity index (χ2v) is 4.67. The van der Waals surface area contributed by atoms with E-state index in [-0.39, 0.29) is 5.91 Å². The Kier molecular flexibility index (Phi) is 4.55. The van der Waals surface area contributed by atoms with Gasteiger partial charge in [-0.1, -0.05) is 54.1 Å². The van der Waals surface area contributed by atoms with Crippen molar-refractivity contribution < 1.29 is 4.79 Å². The van der Waals surface area contributed by atoms with Crippen molar-refractivity contribution in [1.82, 2.24) is 0 Å². The fraction of sp³-hybridized carbons (Fsp3) is 0.133. The molecule has 2 aromatic carbocycles. The van der Waals surface area contributed by atoms with Gasteiger partial charge in [0.2, 0.25) is 5.91 Å². The maximum atomic E-state index is 12.0. The van der Waals surface area contributed by atoms with Crippen molar-refractivity contribution in [3.05, 3.63) is 65.2 Å². The lowest BCUT2D eigenvalue weighted by molar-refractivity contribution is -0.117. The van der Waals surface area contributed by atoms with Gasteiger partial charge in [-0.25, -0.2) is 0 Å². The Balaban J connectivity index is 1.99. The summed E-state index contributed by atoms with van der Waals surface area (Å²) in [5.41, 5.74) is 7.50. The molecule has 0 bridgehead atoms. The van der Waals surface area contributed by atoms with Crippen LogP contribution in [0.25, 0.3) is 0 Å². The Morgan fingerprint density at radius 1 is 1.11 bits per heavy atom. The van der Waals surface area contributed by atoms with E-state index in [1.165, 1.54) is 0 Å². The summed E-state index contributed by atoms with van der Waals surface area (Å²) < 4.78 is 0. The molecule has 0 spiro atoms. The van der Waals surface area contributed by atoms with E-state index in [1.807, 2.05) is 42.5 Å². The minimum Gasteiger partial charge on any atom is -0.323 e. The standard InChI is InChI=1S/C15H15ClN2O/c16-12-8-4-5-9-14(12)18-15(19)13(17)10-11-6-2-1-3-7-11/h1-9,13H,10,17H2,(H,18,19)/t13-/m1/s1. The molecule has 3 N–H and O–H groups in total. The summed E-state index contributed by atoms with van der Waals surface area (Å²) in [6.45, 7) is 0. The average molecular weight is 275 g/mol.